The second-order valence-electron chi connectivity index (χ2n) is 7.11. The summed E-state index contributed by atoms with van der Waals surface area (Å²) < 4.78 is 0. The molecule has 1 atom stereocenters. The number of anilines is 1. The maximum Gasteiger partial charge on any atom is 0.0511 e. The number of rotatable bonds is 6. The van der Waals surface area contributed by atoms with Crippen molar-refractivity contribution < 1.29 is 0 Å². The minimum atomic E-state index is 0.306. The van der Waals surface area contributed by atoms with Crippen LogP contribution >= 0.6 is 11.6 Å². The molecular weight excluding hydrogens is 316 g/mol. The second kappa shape index (κ2) is 7.58. The van der Waals surface area contributed by atoms with Gasteiger partial charge in [0.1, 0.15) is 0 Å². The lowest BCUT2D eigenvalue weighted by Crippen LogP contribution is -2.44. The molecule has 0 bridgehead atoms. The van der Waals surface area contributed by atoms with Crippen LogP contribution in [0.25, 0.3) is 0 Å². The Morgan fingerprint density at radius 3 is 2.67 bits per heavy atom. The van der Waals surface area contributed by atoms with Gasteiger partial charge in [-0.2, -0.15) is 0 Å². The third kappa shape index (κ3) is 4.12. The minimum absolute atomic E-state index is 0.306. The summed E-state index contributed by atoms with van der Waals surface area (Å²) in [6, 6.07) is 15.4. The summed E-state index contributed by atoms with van der Waals surface area (Å²) in [5.41, 5.74) is 5.01. The van der Waals surface area contributed by atoms with Crippen molar-refractivity contribution >= 4 is 17.3 Å². The van der Waals surface area contributed by atoms with Crippen molar-refractivity contribution in [2.24, 2.45) is 5.92 Å². The highest BCUT2D eigenvalue weighted by Crippen LogP contribution is 2.27. The molecule has 0 saturated carbocycles. The van der Waals surface area contributed by atoms with E-state index in [4.69, 9.17) is 11.6 Å². The van der Waals surface area contributed by atoms with Gasteiger partial charge in [0.05, 0.1) is 6.04 Å². The summed E-state index contributed by atoms with van der Waals surface area (Å²) in [7, 11) is 0. The van der Waals surface area contributed by atoms with Crippen LogP contribution in [0.2, 0.25) is 5.02 Å². The molecule has 0 spiro atoms. The maximum atomic E-state index is 6.16. The number of nitrogens with one attached hydrogen (secondary N) is 1. The predicted molar refractivity (Wildman–Crippen MR) is 104 cm³/mol. The topological polar surface area (TPSA) is 15.3 Å². The van der Waals surface area contributed by atoms with Crippen LogP contribution in [0, 0.1) is 12.8 Å². The lowest BCUT2D eigenvalue weighted by atomic mass is 10.0. The molecule has 1 saturated heterocycles. The quantitative estimate of drug-likeness (QED) is 0.728. The van der Waals surface area contributed by atoms with Gasteiger partial charge in [-0.25, -0.2) is 0 Å². The van der Waals surface area contributed by atoms with Gasteiger partial charge in [-0.1, -0.05) is 49.7 Å². The van der Waals surface area contributed by atoms with Crippen LogP contribution in [-0.4, -0.2) is 18.0 Å². The van der Waals surface area contributed by atoms with Gasteiger partial charge in [-0.15, -0.1) is 0 Å². The molecule has 1 aliphatic rings. The molecule has 0 aliphatic carbocycles. The first-order valence-corrected chi connectivity index (χ1v) is 9.27. The van der Waals surface area contributed by atoms with Crippen LogP contribution in [0.5, 0.6) is 0 Å². The molecule has 2 nitrogen and oxygen atoms in total. The van der Waals surface area contributed by atoms with Crippen LogP contribution in [0.4, 0.5) is 5.69 Å². The van der Waals surface area contributed by atoms with Crippen molar-refractivity contribution in [2.45, 2.75) is 39.8 Å². The third-order valence-electron chi connectivity index (χ3n) is 4.81. The third-order valence-corrected chi connectivity index (χ3v) is 5.23. The van der Waals surface area contributed by atoms with Gasteiger partial charge in [-0.3, -0.25) is 4.90 Å². The van der Waals surface area contributed by atoms with E-state index in [9.17, 15) is 0 Å². The van der Waals surface area contributed by atoms with E-state index in [1.54, 1.807) is 0 Å². The van der Waals surface area contributed by atoms with Crippen molar-refractivity contribution in [3.63, 3.8) is 0 Å². The monoisotopic (exact) mass is 342 g/mol. The van der Waals surface area contributed by atoms with E-state index in [0.29, 0.717) is 6.04 Å². The molecule has 1 aliphatic heterocycles. The normalized spacial score (nSPS) is 16.7. The molecule has 1 N–H and O–H groups in total. The fourth-order valence-corrected chi connectivity index (χ4v) is 3.60. The van der Waals surface area contributed by atoms with Crippen molar-refractivity contribution in [1.29, 1.82) is 0 Å². The number of nitrogens with zero attached hydrogens (tertiary/aromatic N) is 1. The van der Waals surface area contributed by atoms with Crippen molar-refractivity contribution in [3.8, 4) is 0 Å². The standard InChI is InChI=1S/C21H27ClN2/c1-4-21(18-8-9-20(22)16(3)10-18)23-19-7-5-6-17(11-19)14-24-12-15(2)13-24/h5-11,15,21,23H,4,12-14H2,1-3H3/t21-/m1/s1. The molecule has 0 radical (unpaired) electrons. The molecule has 0 unspecified atom stereocenters. The summed E-state index contributed by atoms with van der Waals surface area (Å²) in [5, 5.41) is 4.52. The smallest absolute Gasteiger partial charge is 0.0511 e. The largest absolute Gasteiger partial charge is 0.378 e. The Labute approximate surface area is 150 Å². The van der Waals surface area contributed by atoms with E-state index in [2.05, 4.69) is 67.4 Å². The number of hydrogen-bond donors (Lipinski definition) is 1. The van der Waals surface area contributed by atoms with Crippen LogP contribution in [0.3, 0.4) is 0 Å². The summed E-state index contributed by atoms with van der Waals surface area (Å²) in [4.78, 5) is 2.50. The first-order valence-electron chi connectivity index (χ1n) is 8.89. The van der Waals surface area contributed by atoms with Crippen LogP contribution in [0.15, 0.2) is 42.5 Å². The average molecular weight is 343 g/mol. The number of benzene rings is 2. The van der Waals surface area contributed by atoms with Crippen molar-refractivity contribution in [1.82, 2.24) is 4.90 Å². The van der Waals surface area contributed by atoms with Crippen molar-refractivity contribution in [2.75, 3.05) is 18.4 Å². The molecule has 2 aromatic rings. The maximum absolute atomic E-state index is 6.16. The zero-order valence-corrected chi connectivity index (χ0v) is 15.6. The van der Waals surface area contributed by atoms with Gasteiger partial charge < -0.3 is 5.32 Å². The summed E-state index contributed by atoms with van der Waals surface area (Å²) in [6.45, 7) is 10.1. The molecule has 0 amide bonds. The number of likely N-dealkylation sites (tertiary alicyclic amines) is 1. The fraction of sp³-hybridized carbons (Fsp3) is 0.429. The lowest BCUT2D eigenvalue weighted by molar-refractivity contribution is 0.105. The molecular formula is C21H27ClN2. The van der Waals surface area contributed by atoms with E-state index in [-0.39, 0.29) is 0 Å². The summed E-state index contributed by atoms with van der Waals surface area (Å²) >= 11 is 6.16. The molecule has 3 rings (SSSR count). The van der Waals surface area contributed by atoms with E-state index in [1.807, 2.05) is 6.07 Å². The first kappa shape index (κ1) is 17.3. The molecule has 128 valence electrons. The second-order valence-corrected chi connectivity index (χ2v) is 7.52. The fourth-order valence-electron chi connectivity index (χ4n) is 3.48. The Morgan fingerprint density at radius 2 is 2.00 bits per heavy atom. The van der Waals surface area contributed by atoms with Gasteiger partial charge in [0.15, 0.2) is 0 Å². The summed E-state index contributed by atoms with van der Waals surface area (Å²) in [6.07, 6.45) is 1.04. The molecule has 3 heteroatoms. The van der Waals surface area contributed by atoms with Crippen LogP contribution in [0.1, 0.15) is 43.0 Å². The highest BCUT2D eigenvalue weighted by molar-refractivity contribution is 6.31. The molecule has 1 fully saturated rings. The zero-order valence-electron chi connectivity index (χ0n) is 14.8. The van der Waals surface area contributed by atoms with Crippen LogP contribution < -0.4 is 5.32 Å². The van der Waals surface area contributed by atoms with Crippen LogP contribution in [-0.2, 0) is 6.54 Å². The molecule has 0 aromatic heterocycles. The lowest BCUT2D eigenvalue weighted by Gasteiger charge is -2.37. The van der Waals surface area contributed by atoms with Gasteiger partial charge in [0.25, 0.3) is 0 Å². The van der Waals surface area contributed by atoms with Crippen molar-refractivity contribution in [3.05, 3.63) is 64.2 Å². The SMILES string of the molecule is CC[C@@H](Nc1cccc(CN2CC(C)C2)c1)c1ccc(Cl)c(C)c1. The first-order chi connectivity index (χ1) is 11.5. The number of halogens is 1. The minimum Gasteiger partial charge on any atom is -0.378 e. The summed E-state index contributed by atoms with van der Waals surface area (Å²) in [5.74, 6) is 0.851. The Bertz CT molecular complexity index is 692. The van der Waals surface area contributed by atoms with Gasteiger partial charge in [0, 0.05) is 30.3 Å². The van der Waals surface area contributed by atoms with E-state index in [1.165, 1.54) is 29.9 Å². The Balaban J connectivity index is 1.70. The van der Waals surface area contributed by atoms with Gasteiger partial charge in [0.2, 0.25) is 0 Å². The number of aryl methyl sites for hydroxylation is 1. The zero-order chi connectivity index (χ0) is 17.1. The molecule has 2 aromatic carbocycles. The highest BCUT2D eigenvalue weighted by Gasteiger charge is 2.22. The molecule has 24 heavy (non-hydrogen) atoms. The van der Waals surface area contributed by atoms with Gasteiger partial charge >= 0.3 is 0 Å². The van der Waals surface area contributed by atoms with E-state index < -0.39 is 0 Å². The Hall–Kier alpha value is -1.51. The van der Waals surface area contributed by atoms with Gasteiger partial charge in [-0.05, 0) is 54.2 Å². The predicted octanol–water partition coefficient (Wildman–Crippen LogP) is 5.66. The highest BCUT2D eigenvalue weighted by atomic mass is 35.5. The average Bonchev–Trinajstić information content (AvgIpc) is 2.54. The van der Waals surface area contributed by atoms with E-state index in [0.717, 1.165) is 29.5 Å². The van der Waals surface area contributed by atoms with E-state index >= 15 is 0 Å². The Morgan fingerprint density at radius 1 is 1.21 bits per heavy atom. The number of hydrogen-bond acceptors (Lipinski definition) is 2. The molecule has 1 heterocycles. The Kier molecular flexibility index (Phi) is 5.47.